The number of benzene rings is 1. The van der Waals surface area contributed by atoms with Gasteiger partial charge in [0.2, 0.25) is 5.91 Å². The number of carbonyl (C=O) groups excluding carboxylic acids is 3. The molecule has 1 aromatic rings. The van der Waals surface area contributed by atoms with Gasteiger partial charge in [-0.2, -0.15) is 0 Å². The van der Waals surface area contributed by atoms with Gasteiger partial charge in [-0.15, -0.1) is 0 Å². The van der Waals surface area contributed by atoms with E-state index in [2.05, 4.69) is 5.32 Å². The van der Waals surface area contributed by atoms with E-state index in [1.165, 1.54) is 0 Å². The summed E-state index contributed by atoms with van der Waals surface area (Å²) < 4.78 is 27.3. The molecule has 0 aliphatic carbocycles. The second kappa shape index (κ2) is 5.36. The molecule has 2 amide bonds. The third-order valence-electron chi connectivity index (χ3n) is 2.95. The Labute approximate surface area is 113 Å². The van der Waals surface area contributed by atoms with Gasteiger partial charge in [0.15, 0.2) is 0 Å². The molecule has 1 aliphatic heterocycles. The van der Waals surface area contributed by atoms with Crippen LogP contribution in [0.3, 0.4) is 0 Å². The Balaban J connectivity index is 2.29. The van der Waals surface area contributed by atoms with Crippen LogP contribution in [0.1, 0.15) is 23.7 Å². The second-order valence-corrected chi connectivity index (χ2v) is 4.24. The van der Waals surface area contributed by atoms with E-state index in [-0.39, 0.29) is 24.6 Å². The van der Waals surface area contributed by atoms with Gasteiger partial charge in [0, 0.05) is 19.5 Å². The summed E-state index contributed by atoms with van der Waals surface area (Å²) in [6.45, 7) is 1.97. The molecule has 1 aliphatic rings. The van der Waals surface area contributed by atoms with E-state index in [9.17, 15) is 23.2 Å². The molecule has 0 bridgehead atoms. The minimum absolute atomic E-state index is 0.0950. The smallest absolute Gasteiger partial charge is 0.299 e. The molecule has 0 fully saturated rings. The number of hydrogen-bond donors (Lipinski definition) is 1. The Morgan fingerprint density at radius 2 is 1.90 bits per heavy atom. The zero-order chi connectivity index (χ0) is 14.9. The van der Waals surface area contributed by atoms with Crippen molar-refractivity contribution < 1.29 is 23.2 Å². The summed E-state index contributed by atoms with van der Waals surface area (Å²) in [6, 6.07) is 1.64. The van der Waals surface area contributed by atoms with E-state index in [4.69, 9.17) is 0 Å². The number of nitrogens with zero attached hydrogens (tertiary/aromatic N) is 1. The molecule has 0 aromatic heterocycles. The molecule has 20 heavy (non-hydrogen) atoms. The van der Waals surface area contributed by atoms with Gasteiger partial charge in [0.1, 0.15) is 11.6 Å². The third kappa shape index (κ3) is 2.26. The molecule has 1 aromatic carbocycles. The van der Waals surface area contributed by atoms with Gasteiger partial charge < -0.3 is 10.2 Å². The first-order valence-electron chi connectivity index (χ1n) is 6.08. The van der Waals surface area contributed by atoms with Crippen molar-refractivity contribution in [1.29, 1.82) is 0 Å². The predicted molar refractivity (Wildman–Crippen MR) is 66.3 cm³/mol. The minimum Gasteiger partial charge on any atom is -0.356 e. The van der Waals surface area contributed by atoms with Crippen LogP contribution in [-0.2, 0) is 9.59 Å². The summed E-state index contributed by atoms with van der Waals surface area (Å²) in [6.07, 6.45) is -0.0950. The van der Waals surface area contributed by atoms with Gasteiger partial charge in [-0.25, -0.2) is 8.78 Å². The normalized spacial score (nSPS) is 13.7. The van der Waals surface area contributed by atoms with Gasteiger partial charge in [-0.3, -0.25) is 14.4 Å². The zero-order valence-electron chi connectivity index (χ0n) is 10.7. The lowest BCUT2D eigenvalue weighted by molar-refractivity contribution is -0.120. The van der Waals surface area contributed by atoms with E-state index >= 15 is 0 Å². The fraction of sp³-hybridized carbons (Fsp3) is 0.308. The summed E-state index contributed by atoms with van der Waals surface area (Å²) in [4.78, 5) is 35.6. The SMILES string of the molecule is CCNC(=O)CCN1C(=O)C(=O)c2c(F)ccc(F)c21. The van der Waals surface area contributed by atoms with Crippen molar-refractivity contribution in [3.8, 4) is 0 Å². The highest BCUT2D eigenvalue weighted by molar-refractivity contribution is 6.52. The van der Waals surface area contributed by atoms with E-state index in [1.54, 1.807) is 6.92 Å². The lowest BCUT2D eigenvalue weighted by Crippen LogP contribution is -2.34. The van der Waals surface area contributed by atoms with Gasteiger partial charge in [-0.1, -0.05) is 0 Å². The molecule has 0 spiro atoms. The highest BCUT2D eigenvalue weighted by atomic mass is 19.1. The number of Topliss-reactive ketones (excluding diaryl/α,β-unsaturated/α-hetero) is 1. The molecule has 0 saturated heterocycles. The van der Waals surface area contributed by atoms with Crippen molar-refractivity contribution in [1.82, 2.24) is 5.32 Å². The zero-order valence-corrected chi connectivity index (χ0v) is 10.7. The first-order valence-corrected chi connectivity index (χ1v) is 6.08. The Bertz CT molecular complexity index is 602. The van der Waals surface area contributed by atoms with Crippen LogP contribution in [0, 0.1) is 11.6 Å². The van der Waals surface area contributed by atoms with Crippen LogP contribution in [-0.4, -0.2) is 30.7 Å². The van der Waals surface area contributed by atoms with Gasteiger partial charge in [0.05, 0.1) is 11.3 Å². The first kappa shape index (κ1) is 14.1. The largest absolute Gasteiger partial charge is 0.356 e. The number of fused-ring (bicyclic) bond motifs is 1. The third-order valence-corrected chi connectivity index (χ3v) is 2.95. The topological polar surface area (TPSA) is 66.5 Å². The minimum atomic E-state index is -1.09. The number of anilines is 1. The standard InChI is InChI=1S/C13H12F2N2O3/c1-2-16-9(18)5-6-17-11-8(15)4-3-7(14)10(11)12(19)13(17)20/h3-4H,2,5-6H2,1H3,(H,16,18). The summed E-state index contributed by atoms with van der Waals surface area (Å²) in [7, 11) is 0. The molecule has 1 N–H and O–H groups in total. The van der Waals surface area contributed by atoms with Crippen LogP contribution >= 0.6 is 0 Å². The van der Waals surface area contributed by atoms with E-state index in [0.717, 1.165) is 17.0 Å². The Morgan fingerprint density at radius 3 is 2.55 bits per heavy atom. The van der Waals surface area contributed by atoms with Crippen LogP contribution in [0.4, 0.5) is 14.5 Å². The number of nitrogens with one attached hydrogen (secondary N) is 1. The number of ketones is 1. The highest BCUT2D eigenvalue weighted by Gasteiger charge is 2.40. The number of carbonyl (C=O) groups is 3. The quantitative estimate of drug-likeness (QED) is 0.838. The lowest BCUT2D eigenvalue weighted by atomic mass is 10.1. The lowest BCUT2D eigenvalue weighted by Gasteiger charge is -2.16. The maximum Gasteiger partial charge on any atom is 0.299 e. The number of hydrogen-bond acceptors (Lipinski definition) is 3. The monoisotopic (exact) mass is 282 g/mol. The van der Waals surface area contributed by atoms with Crippen LogP contribution in [0.5, 0.6) is 0 Å². The average molecular weight is 282 g/mol. The van der Waals surface area contributed by atoms with E-state index in [1.807, 2.05) is 0 Å². The second-order valence-electron chi connectivity index (χ2n) is 4.24. The van der Waals surface area contributed by atoms with Crippen LogP contribution in [0.2, 0.25) is 0 Å². The van der Waals surface area contributed by atoms with Crippen molar-refractivity contribution in [3.05, 3.63) is 29.3 Å². The number of amides is 2. The van der Waals surface area contributed by atoms with Gasteiger partial charge in [-0.05, 0) is 19.1 Å². The molecule has 0 saturated carbocycles. The predicted octanol–water partition coefficient (Wildman–Crippen LogP) is 1.02. The van der Waals surface area contributed by atoms with Crippen LogP contribution in [0.25, 0.3) is 0 Å². The van der Waals surface area contributed by atoms with Gasteiger partial charge in [0.25, 0.3) is 11.7 Å². The molecule has 1 heterocycles. The molecule has 0 unspecified atom stereocenters. The molecule has 7 heteroatoms. The first-order chi connectivity index (χ1) is 9.47. The van der Waals surface area contributed by atoms with Crippen LogP contribution in [0.15, 0.2) is 12.1 Å². The Hall–Kier alpha value is -2.31. The van der Waals surface area contributed by atoms with Crippen molar-refractivity contribution >= 4 is 23.3 Å². The molecule has 0 atom stereocenters. The molecule has 5 nitrogen and oxygen atoms in total. The Morgan fingerprint density at radius 1 is 1.25 bits per heavy atom. The number of halogens is 2. The van der Waals surface area contributed by atoms with Crippen LogP contribution < -0.4 is 10.2 Å². The highest BCUT2D eigenvalue weighted by Crippen LogP contribution is 2.33. The fourth-order valence-electron chi connectivity index (χ4n) is 2.06. The molecule has 2 rings (SSSR count). The summed E-state index contributed by atoms with van der Waals surface area (Å²) >= 11 is 0. The summed E-state index contributed by atoms with van der Waals surface area (Å²) in [5.74, 6) is -4.25. The maximum atomic E-state index is 13.7. The average Bonchev–Trinajstić information content (AvgIpc) is 2.66. The van der Waals surface area contributed by atoms with E-state index < -0.39 is 28.9 Å². The van der Waals surface area contributed by atoms with Crippen molar-refractivity contribution in [2.45, 2.75) is 13.3 Å². The van der Waals surface area contributed by atoms with Gasteiger partial charge >= 0.3 is 0 Å². The summed E-state index contributed by atoms with van der Waals surface area (Å²) in [5, 5.41) is 2.52. The van der Waals surface area contributed by atoms with Crippen molar-refractivity contribution in [3.63, 3.8) is 0 Å². The summed E-state index contributed by atoms with van der Waals surface area (Å²) in [5.41, 5.74) is -0.949. The molecular formula is C13H12F2N2O3. The van der Waals surface area contributed by atoms with Crippen molar-refractivity contribution in [2.75, 3.05) is 18.0 Å². The Kier molecular flexibility index (Phi) is 3.78. The maximum absolute atomic E-state index is 13.7. The molecule has 0 radical (unpaired) electrons. The van der Waals surface area contributed by atoms with E-state index in [0.29, 0.717) is 6.54 Å². The molecule has 106 valence electrons. The van der Waals surface area contributed by atoms with Crippen molar-refractivity contribution in [2.24, 2.45) is 0 Å². The molecular weight excluding hydrogens is 270 g/mol. The number of rotatable bonds is 4. The fourth-order valence-corrected chi connectivity index (χ4v) is 2.06.